The predicted molar refractivity (Wildman–Crippen MR) is 378 cm³/mol. The van der Waals surface area contributed by atoms with Gasteiger partial charge in [0.2, 0.25) is 5.91 Å². The van der Waals surface area contributed by atoms with Crippen molar-refractivity contribution in [2.45, 2.75) is 328 Å². The highest BCUT2D eigenvalue weighted by molar-refractivity contribution is 7.47. The van der Waals surface area contributed by atoms with Gasteiger partial charge in [-0.2, -0.15) is 0 Å². The second-order valence-electron chi connectivity index (χ2n) is 25.4. The Bertz CT molecular complexity index is 1860. The topological polar surface area (TPSA) is 111 Å². The van der Waals surface area contributed by atoms with Crippen LogP contribution in [0.3, 0.4) is 0 Å². The summed E-state index contributed by atoms with van der Waals surface area (Å²) < 4.78 is 30.8. The predicted octanol–water partition coefficient (Wildman–Crippen LogP) is 23.2. The van der Waals surface area contributed by atoms with Crippen molar-refractivity contribution < 1.29 is 37.3 Å². The Morgan fingerprint density at radius 3 is 1.07 bits per heavy atom. The minimum absolute atomic E-state index is 0.0332. The van der Waals surface area contributed by atoms with Crippen LogP contribution in [-0.4, -0.2) is 74.3 Å². The molecular formula is C77H138N2O7P+. The molecule has 0 bridgehead atoms. The number of likely N-dealkylation sites (N-methyl/N-ethyl adjacent to an activating group) is 1. The molecule has 0 saturated heterocycles. The molecule has 2 N–H and O–H groups in total. The van der Waals surface area contributed by atoms with Crippen molar-refractivity contribution in [2.75, 3.05) is 40.9 Å². The van der Waals surface area contributed by atoms with Crippen LogP contribution in [0.5, 0.6) is 0 Å². The fourth-order valence-corrected chi connectivity index (χ4v) is 10.8. The molecule has 0 aromatic heterocycles. The normalized spacial score (nSPS) is 14.1. The molecule has 10 heteroatoms. The van der Waals surface area contributed by atoms with Gasteiger partial charge in [0.25, 0.3) is 0 Å². The monoisotopic (exact) mass is 1230 g/mol. The number of unbranched alkanes of at least 4 members (excludes halogenated alkanes) is 33. The van der Waals surface area contributed by atoms with Gasteiger partial charge >= 0.3 is 13.8 Å². The number of phosphoric ester groups is 1. The van der Waals surface area contributed by atoms with Crippen LogP contribution in [0.25, 0.3) is 0 Å². The summed E-state index contributed by atoms with van der Waals surface area (Å²) in [6.07, 6.45) is 91.0. The number of hydrogen-bond donors (Lipinski definition) is 2. The molecule has 0 radical (unpaired) electrons. The minimum Gasteiger partial charge on any atom is -0.456 e. The SMILES string of the molecule is CCCCC/C=C\C/C=C\C/C=C\C/C=C\CCCCCCCCCCCC(=O)NC(COP(=O)(O)OCC[N+](C)(C)C)C(/C=C/CCCCCCCCCCC)OC(=O)CCCCCCCCCCC/C=C\C/C=C\C/C=C\C/C=C\CCCCC. The third-order valence-electron chi connectivity index (χ3n) is 15.7. The Morgan fingerprint density at radius 1 is 0.402 bits per heavy atom. The molecule has 1 amide bonds. The summed E-state index contributed by atoms with van der Waals surface area (Å²) in [6, 6.07) is -0.862. The lowest BCUT2D eigenvalue weighted by atomic mass is 10.0. The molecule has 0 fully saturated rings. The van der Waals surface area contributed by atoms with E-state index in [4.69, 9.17) is 13.8 Å². The smallest absolute Gasteiger partial charge is 0.456 e. The first-order valence-corrected chi connectivity index (χ1v) is 37.7. The fraction of sp³-hybridized carbons (Fsp3) is 0.740. The lowest BCUT2D eigenvalue weighted by Crippen LogP contribution is -2.47. The number of nitrogens with zero attached hydrogens (tertiary/aromatic N) is 1. The van der Waals surface area contributed by atoms with Crippen LogP contribution in [0.15, 0.2) is 109 Å². The van der Waals surface area contributed by atoms with Crippen molar-refractivity contribution in [3.05, 3.63) is 109 Å². The second-order valence-corrected chi connectivity index (χ2v) is 26.9. The molecule has 9 nitrogen and oxygen atoms in total. The number of ether oxygens (including phenoxy) is 1. The minimum atomic E-state index is -4.46. The number of esters is 1. The van der Waals surface area contributed by atoms with Gasteiger partial charge in [0.05, 0.1) is 33.8 Å². The molecule has 3 unspecified atom stereocenters. The van der Waals surface area contributed by atoms with E-state index in [2.05, 4.69) is 123 Å². The van der Waals surface area contributed by atoms with E-state index in [1.807, 2.05) is 33.3 Å². The number of nitrogens with one attached hydrogen (secondary N) is 1. The van der Waals surface area contributed by atoms with E-state index in [1.54, 1.807) is 0 Å². The summed E-state index contributed by atoms with van der Waals surface area (Å²) in [6.45, 7) is 6.96. The average Bonchev–Trinajstić information content (AvgIpc) is 3.70. The van der Waals surface area contributed by atoms with Crippen molar-refractivity contribution in [2.24, 2.45) is 0 Å². The number of quaternary nitrogens is 1. The molecule has 3 atom stereocenters. The van der Waals surface area contributed by atoms with Gasteiger partial charge in [-0.3, -0.25) is 18.6 Å². The molecule has 0 heterocycles. The van der Waals surface area contributed by atoms with E-state index in [1.165, 1.54) is 161 Å². The molecule has 0 aliphatic heterocycles. The number of amides is 1. The van der Waals surface area contributed by atoms with Crippen LogP contribution in [0.1, 0.15) is 316 Å². The summed E-state index contributed by atoms with van der Waals surface area (Å²) in [5, 5.41) is 3.06. The van der Waals surface area contributed by atoms with Crippen molar-refractivity contribution in [3.8, 4) is 0 Å². The highest BCUT2D eigenvalue weighted by atomic mass is 31.2. The number of allylic oxidation sites excluding steroid dienone is 17. The summed E-state index contributed by atoms with van der Waals surface area (Å²) in [4.78, 5) is 37.9. The zero-order chi connectivity index (χ0) is 63.5. The third-order valence-corrected chi connectivity index (χ3v) is 16.7. The first kappa shape index (κ1) is 83.7. The van der Waals surface area contributed by atoms with E-state index in [-0.39, 0.29) is 31.5 Å². The van der Waals surface area contributed by atoms with E-state index in [9.17, 15) is 19.0 Å². The third kappa shape index (κ3) is 66.9. The number of phosphoric acid groups is 1. The van der Waals surface area contributed by atoms with Gasteiger partial charge in [-0.05, 0) is 122 Å². The van der Waals surface area contributed by atoms with Crippen LogP contribution >= 0.6 is 7.82 Å². The first-order valence-electron chi connectivity index (χ1n) is 36.2. The van der Waals surface area contributed by atoms with E-state index in [0.717, 1.165) is 122 Å². The zero-order valence-electron chi connectivity index (χ0n) is 57.5. The molecule has 0 saturated carbocycles. The summed E-state index contributed by atoms with van der Waals surface area (Å²) in [5.74, 6) is -0.518. The maximum absolute atomic E-state index is 13.6. The van der Waals surface area contributed by atoms with E-state index >= 15 is 0 Å². The van der Waals surface area contributed by atoms with E-state index < -0.39 is 20.0 Å². The highest BCUT2D eigenvalue weighted by Crippen LogP contribution is 2.43. The Balaban J connectivity index is 5.05. The number of rotatable bonds is 65. The van der Waals surface area contributed by atoms with Crippen LogP contribution in [0.4, 0.5) is 0 Å². The molecular weight excluding hydrogens is 1100 g/mol. The van der Waals surface area contributed by atoms with Crippen LogP contribution in [0, 0.1) is 0 Å². The Morgan fingerprint density at radius 2 is 0.701 bits per heavy atom. The summed E-state index contributed by atoms with van der Waals surface area (Å²) >= 11 is 0. The van der Waals surface area contributed by atoms with E-state index in [0.29, 0.717) is 17.4 Å². The van der Waals surface area contributed by atoms with Gasteiger partial charge in [-0.25, -0.2) is 4.57 Å². The molecule has 0 aliphatic rings. The largest absolute Gasteiger partial charge is 0.472 e. The quantitative estimate of drug-likeness (QED) is 0.0205. The number of carbonyl (C=O) groups is 2. The molecule has 0 aliphatic carbocycles. The Labute approximate surface area is 538 Å². The molecule has 0 aromatic rings. The lowest BCUT2D eigenvalue weighted by Gasteiger charge is -2.27. The van der Waals surface area contributed by atoms with Gasteiger partial charge in [0.1, 0.15) is 19.3 Å². The summed E-state index contributed by atoms with van der Waals surface area (Å²) in [7, 11) is 1.48. The van der Waals surface area contributed by atoms with Crippen LogP contribution in [-0.2, 0) is 27.9 Å². The molecule has 87 heavy (non-hydrogen) atoms. The van der Waals surface area contributed by atoms with Gasteiger partial charge in [-0.1, -0.05) is 291 Å². The van der Waals surface area contributed by atoms with Crippen LogP contribution < -0.4 is 5.32 Å². The fourth-order valence-electron chi connectivity index (χ4n) is 10.1. The van der Waals surface area contributed by atoms with Gasteiger partial charge in [0.15, 0.2) is 0 Å². The molecule has 0 aromatic carbocycles. The van der Waals surface area contributed by atoms with Crippen LogP contribution in [0.2, 0.25) is 0 Å². The number of carbonyl (C=O) groups excluding carboxylic acids is 2. The highest BCUT2D eigenvalue weighted by Gasteiger charge is 2.30. The molecule has 0 rings (SSSR count). The second kappa shape index (κ2) is 65.6. The Hall–Kier alpha value is -3.33. The van der Waals surface area contributed by atoms with Crippen molar-refractivity contribution in [3.63, 3.8) is 0 Å². The van der Waals surface area contributed by atoms with Gasteiger partial charge in [-0.15, -0.1) is 0 Å². The van der Waals surface area contributed by atoms with Gasteiger partial charge in [0, 0.05) is 12.8 Å². The summed E-state index contributed by atoms with van der Waals surface area (Å²) in [5.41, 5.74) is 0. The molecule has 0 spiro atoms. The van der Waals surface area contributed by atoms with Crippen molar-refractivity contribution in [1.82, 2.24) is 5.32 Å². The van der Waals surface area contributed by atoms with Crippen molar-refractivity contribution >= 4 is 19.7 Å². The average molecular weight is 1230 g/mol. The first-order chi connectivity index (χ1) is 42.4. The van der Waals surface area contributed by atoms with Crippen molar-refractivity contribution in [1.29, 1.82) is 0 Å². The molecule has 502 valence electrons. The standard InChI is InChI=1S/C77H137N2O7P/c1-7-10-13-16-19-22-25-27-29-31-33-35-37-39-41-43-45-47-49-51-54-57-60-63-66-69-76(80)78-74(73-85-87(82,83)84-72-71-79(4,5)6)75(68-65-62-59-56-53-24-21-18-15-12-9-3)86-77(81)70-67-64-61-58-55-52-50-48-46-44-42-40-38-36-34-32-30-28-26-23-20-17-14-11-8-2/h19-20,22-23,27-30,33-36,39-42,65,68,74-75H,7-18,21,24-26,31-32,37-38,43-64,66-67,69-73H2,1-6H3,(H-,78,80,82,83)/p+1/b22-19-,23-20-,29-27-,30-28-,35-33-,36-34-,41-39-,42-40-,68-65+. The van der Waals surface area contributed by atoms with Gasteiger partial charge < -0.3 is 19.4 Å². The zero-order valence-corrected chi connectivity index (χ0v) is 58.4. The number of hydrogen-bond acceptors (Lipinski definition) is 6. The lowest BCUT2D eigenvalue weighted by molar-refractivity contribution is -0.870. The Kier molecular flexibility index (Phi) is 63.1. The maximum atomic E-state index is 13.6. The maximum Gasteiger partial charge on any atom is 0.472 e.